The minimum atomic E-state index is -0.465. The first-order chi connectivity index (χ1) is 8.24. The maximum atomic E-state index is 5.85. The summed E-state index contributed by atoms with van der Waals surface area (Å²) in [5.41, 5.74) is 2.20. The predicted octanol–water partition coefficient (Wildman–Crippen LogP) is 1.98. The zero-order chi connectivity index (χ0) is 14.2. The Hall–Kier alpha value is -0.200. The molecule has 1 atom stereocenters. The molecule has 0 aliphatic rings. The minimum Gasteiger partial charge on any atom is -0.379 e. The Labute approximate surface area is 112 Å². The van der Waals surface area contributed by atoms with Gasteiger partial charge in [-0.05, 0) is 34.1 Å². The van der Waals surface area contributed by atoms with Crippen LogP contribution >= 0.6 is 0 Å². The molecule has 0 aromatic rings. The number of nitrogens with zero attached hydrogens (tertiary/aromatic N) is 1. The summed E-state index contributed by atoms with van der Waals surface area (Å²) in [6, 6.07) is 0. The highest BCUT2D eigenvalue weighted by Crippen LogP contribution is 2.20. The monoisotopic (exact) mass is 262 g/mol. The highest BCUT2D eigenvalue weighted by molar-refractivity contribution is 4.79. The highest BCUT2D eigenvalue weighted by atomic mass is 16.7. The summed E-state index contributed by atoms with van der Waals surface area (Å²) in [5.74, 6) is 0. The van der Waals surface area contributed by atoms with Gasteiger partial charge in [-0.25, -0.2) is 5.01 Å². The number of nitrogens with one attached hydrogen (secondary N) is 1. The van der Waals surface area contributed by atoms with Crippen molar-refractivity contribution in [3.8, 4) is 0 Å². The van der Waals surface area contributed by atoms with Crippen LogP contribution < -0.4 is 5.59 Å². The normalized spacial score (nSPS) is 16.0. The van der Waals surface area contributed by atoms with E-state index in [1.54, 1.807) is 5.01 Å². The first-order valence-corrected chi connectivity index (χ1v) is 6.57. The third-order valence-electron chi connectivity index (χ3n) is 2.43. The molecule has 1 unspecified atom stereocenters. The molecule has 0 spiro atoms. The maximum Gasteiger partial charge on any atom is 0.137 e. The fraction of sp³-hybridized carbons (Fsp3) is 1.00. The smallest absolute Gasteiger partial charge is 0.137 e. The molecular formula is C13H30N2O3. The SMILES string of the molecule is CCOCC(CC)(COC(C)(C)C)ONN(C)C. The van der Waals surface area contributed by atoms with E-state index in [9.17, 15) is 0 Å². The van der Waals surface area contributed by atoms with Crippen molar-refractivity contribution in [3.63, 3.8) is 0 Å². The Morgan fingerprint density at radius 2 is 1.67 bits per heavy atom. The summed E-state index contributed by atoms with van der Waals surface area (Å²) in [5, 5.41) is 1.76. The van der Waals surface area contributed by atoms with Crippen LogP contribution in [0.5, 0.6) is 0 Å². The topological polar surface area (TPSA) is 43.0 Å². The van der Waals surface area contributed by atoms with Crippen molar-refractivity contribution in [3.05, 3.63) is 0 Å². The van der Waals surface area contributed by atoms with Crippen LogP contribution in [0.1, 0.15) is 41.0 Å². The van der Waals surface area contributed by atoms with E-state index in [0.717, 1.165) is 6.42 Å². The number of hydrogen-bond donors (Lipinski definition) is 1. The van der Waals surface area contributed by atoms with Gasteiger partial charge >= 0.3 is 0 Å². The van der Waals surface area contributed by atoms with Gasteiger partial charge in [0.05, 0.1) is 18.8 Å². The fourth-order valence-electron chi connectivity index (χ4n) is 1.20. The molecule has 0 aliphatic carbocycles. The molecular weight excluding hydrogens is 232 g/mol. The van der Waals surface area contributed by atoms with E-state index < -0.39 is 5.60 Å². The molecule has 0 fully saturated rings. The van der Waals surface area contributed by atoms with Crippen LogP contribution in [0.3, 0.4) is 0 Å². The second kappa shape index (κ2) is 8.07. The summed E-state index contributed by atoms with van der Waals surface area (Å²) in [6.45, 7) is 11.8. The number of ether oxygens (including phenoxy) is 2. The molecule has 5 heteroatoms. The van der Waals surface area contributed by atoms with Crippen LogP contribution in [0.2, 0.25) is 0 Å². The first kappa shape index (κ1) is 17.8. The van der Waals surface area contributed by atoms with Crippen molar-refractivity contribution in [1.82, 2.24) is 10.6 Å². The zero-order valence-corrected chi connectivity index (χ0v) is 13.0. The second-order valence-electron chi connectivity index (χ2n) is 5.66. The van der Waals surface area contributed by atoms with Crippen molar-refractivity contribution >= 4 is 0 Å². The number of hydrazine groups is 1. The molecule has 0 bridgehead atoms. The van der Waals surface area contributed by atoms with E-state index >= 15 is 0 Å². The number of hydrogen-bond acceptors (Lipinski definition) is 5. The van der Waals surface area contributed by atoms with Gasteiger partial charge in [-0.15, -0.1) is 5.59 Å². The van der Waals surface area contributed by atoms with E-state index in [4.69, 9.17) is 14.3 Å². The molecule has 5 nitrogen and oxygen atoms in total. The third kappa shape index (κ3) is 8.00. The van der Waals surface area contributed by atoms with Gasteiger partial charge < -0.3 is 9.47 Å². The van der Waals surface area contributed by atoms with Gasteiger partial charge in [0.2, 0.25) is 0 Å². The van der Waals surface area contributed by atoms with Crippen molar-refractivity contribution in [2.24, 2.45) is 0 Å². The average molecular weight is 262 g/mol. The Balaban J connectivity index is 4.53. The van der Waals surface area contributed by atoms with Gasteiger partial charge in [0, 0.05) is 20.7 Å². The first-order valence-electron chi connectivity index (χ1n) is 6.57. The molecule has 0 rings (SSSR count). The molecule has 110 valence electrons. The van der Waals surface area contributed by atoms with E-state index in [-0.39, 0.29) is 5.60 Å². The molecule has 0 heterocycles. The molecule has 0 saturated heterocycles. The Bertz CT molecular complexity index is 217. The Morgan fingerprint density at radius 3 is 2.06 bits per heavy atom. The summed E-state index contributed by atoms with van der Waals surface area (Å²) in [4.78, 5) is 5.76. The summed E-state index contributed by atoms with van der Waals surface area (Å²) in [7, 11) is 3.76. The van der Waals surface area contributed by atoms with Crippen LogP contribution in [0.25, 0.3) is 0 Å². The van der Waals surface area contributed by atoms with Crippen LogP contribution in [0.4, 0.5) is 0 Å². The van der Waals surface area contributed by atoms with Crippen molar-refractivity contribution in [1.29, 1.82) is 0 Å². The van der Waals surface area contributed by atoms with Crippen molar-refractivity contribution in [2.45, 2.75) is 52.2 Å². The molecule has 0 aliphatic heterocycles. The Kier molecular flexibility index (Phi) is 7.98. The minimum absolute atomic E-state index is 0.186. The second-order valence-corrected chi connectivity index (χ2v) is 5.66. The van der Waals surface area contributed by atoms with Gasteiger partial charge in [-0.3, -0.25) is 4.84 Å². The summed E-state index contributed by atoms with van der Waals surface area (Å²) in [6.07, 6.45) is 0.809. The van der Waals surface area contributed by atoms with Gasteiger partial charge in [0.1, 0.15) is 5.60 Å². The largest absolute Gasteiger partial charge is 0.379 e. The van der Waals surface area contributed by atoms with Crippen LogP contribution in [0.15, 0.2) is 0 Å². The zero-order valence-electron chi connectivity index (χ0n) is 13.0. The molecule has 18 heavy (non-hydrogen) atoms. The highest BCUT2D eigenvalue weighted by Gasteiger charge is 2.33. The van der Waals surface area contributed by atoms with Gasteiger partial charge in [-0.1, -0.05) is 6.92 Å². The molecule has 0 aromatic heterocycles. The number of rotatable bonds is 9. The van der Waals surface area contributed by atoms with E-state index in [1.165, 1.54) is 0 Å². The summed E-state index contributed by atoms with van der Waals surface area (Å²) >= 11 is 0. The standard InChI is InChI=1S/C13H30N2O3/c1-8-13(10-16-9-2,18-14-15(6)7)11-17-12(3,4)5/h14H,8-11H2,1-7H3. The van der Waals surface area contributed by atoms with Gasteiger partial charge in [0.25, 0.3) is 0 Å². The lowest BCUT2D eigenvalue weighted by Gasteiger charge is -2.35. The molecule has 0 radical (unpaired) electrons. The van der Waals surface area contributed by atoms with Crippen molar-refractivity contribution < 1.29 is 14.3 Å². The quantitative estimate of drug-likeness (QED) is 0.644. The lowest BCUT2D eigenvalue weighted by Crippen LogP contribution is -2.50. The summed E-state index contributed by atoms with van der Waals surface area (Å²) < 4.78 is 11.4. The third-order valence-corrected chi connectivity index (χ3v) is 2.43. The predicted molar refractivity (Wildman–Crippen MR) is 73.1 cm³/mol. The Morgan fingerprint density at radius 1 is 1.06 bits per heavy atom. The maximum absolute atomic E-state index is 5.85. The van der Waals surface area contributed by atoms with E-state index in [2.05, 4.69) is 12.5 Å². The molecule has 0 aromatic carbocycles. The van der Waals surface area contributed by atoms with Crippen LogP contribution in [-0.4, -0.2) is 50.1 Å². The van der Waals surface area contributed by atoms with Gasteiger partial charge in [-0.2, -0.15) is 0 Å². The molecule has 0 amide bonds. The van der Waals surface area contributed by atoms with Crippen LogP contribution in [-0.2, 0) is 14.3 Å². The molecule has 0 saturated carbocycles. The molecule has 1 N–H and O–H groups in total. The van der Waals surface area contributed by atoms with Gasteiger partial charge in [0.15, 0.2) is 0 Å². The van der Waals surface area contributed by atoms with Crippen molar-refractivity contribution in [2.75, 3.05) is 33.9 Å². The lowest BCUT2D eigenvalue weighted by atomic mass is 10.0. The van der Waals surface area contributed by atoms with E-state index in [0.29, 0.717) is 19.8 Å². The van der Waals surface area contributed by atoms with Crippen LogP contribution in [0, 0.1) is 0 Å². The lowest BCUT2D eigenvalue weighted by molar-refractivity contribution is -0.222. The average Bonchev–Trinajstić information content (AvgIpc) is 2.27. The van der Waals surface area contributed by atoms with E-state index in [1.807, 2.05) is 41.8 Å². The fourth-order valence-corrected chi connectivity index (χ4v) is 1.20.